The van der Waals surface area contributed by atoms with Crippen LogP contribution in [0.3, 0.4) is 0 Å². The summed E-state index contributed by atoms with van der Waals surface area (Å²) >= 11 is 0. The van der Waals surface area contributed by atoms with Crippen molar-refractivity contribution in [2.24, 2.45) is 11.1 Å². The maximum absolute atomic E-state index is 11.7. The first-order chi connectivity index (χ1) is 15.2. The van der Waals surface area contributed by atoms with Gasteiger partial charge in [-0.05, 0) is 41.7 Å². The van der Waals surface area contributed by atoms with E-state index in [1.807, 2.05) is 0 Å². The molecule has 0 aliphatic rings. The van der Waals surface area contributed by atoms with Gasteiger partial charge in [-0.2, -0.15) is 0 Å². The van der Waals surface area contributed by atoms with Gasteiger partial charge in [-0.25, -0.2) is 4.79 Å². The summed E-state index contributed by atoms with van der Waals surface area (Å²) in [5.41, 5.74) is 6.53. The Kier molecular flexibility index (Phi) is 12.9. The van der Waals surface area contributed by atoms with E-state index in [1.54, 1.807) is 0 Å². The molecule has 0 radical (unpaired) electrons. The molecule has 0 saturated heterocycles. The van der Waals surface area contributed by atoms with Crippen LogP contribution in [0.15, 0.2) is 24.3 Å². The summed E-state index contributed by atoms with van der Waals surface area (Å²) < 4.78 is 15.9. The summed E-state index contributed by atoms with van der Waals surface area (Å²) in [6.07, 6.45) is 7.99. The van der Waals surface area contributed by atoms with Gasteiger partial charge in [0.1, 0.15) is 6.79 Å². The van der Waals surface area contributed by atoms with Crippen LogP contribution in [0.25, 0.3) is 0 Å². The summed E-state index contributed by atoms with van der Waals surface area (Å²) in [4.78, 5) is 11.7. The second-order valence-electron chi connectivity index (χ2n) is 9.86. The number of nitrogens with two attached hydrogens (primary N) is 1. The highest BCUT2D eigenvalue weighted by molar-refractivity contribution is 5.65. The molecule has 0 aliphatic carbocycles. The quantitative estimate of drug-likeness (QED) is 0.254. The van der Waals surface area contributed by atoms with Crippen molar-refractivity contribution in [1.82, 2.24) is 0 Å². The lowest BCUT2D eigenvalue weighted by Gasteiger charge is -2.40. The van der Waals surface area contributed by atoms with Crippen molar-refractivity contribution in [3.63, 3.8) is 0 Å². The molecule has 0 saturated carbocycles. The summed E-state index contributed by atoms with van der Waals surface area (Å²) in [7, 11) is 1.52. The number of hydrogen-bond acceptors (Lipinski definition) is 5. The van der Waals surface area contributed by atoms with E-state index in [4.69, 9.17) is 19.9 Å². The monoisotopic (exact) mass is 451 g/mol. The van der Waals surface area contributed by atoms with Gasteiger partial charge >= 0.3 is 6.09 Å². The summed E-state index contributed by atoms with van der Waals surface area (Å²) in [6, 6.07) is 8.48. The number of carbonyl (C=O) groups is 1. The Morgan fingerprint density at radius 3 is 2.34 bits per heavy atom. The van der Waals surface area contributed by atoms with Gasteiger partial charge in [0, 0.05) is 7.11 Å². The van der Waals surface area contributed by atoms with E-state index < -0.39 is 11.7 Å². The summed E-state index contributed by atoms with van der Waals surface area (Å²) in [6.45, 7) is 8.40. The van der Waals surface area contributed by atoms with Crippen LogP contribution in [0, 0.1) is 5.41 Å². The number of aryl methyl sites for hydroxylation is 1. The van der Waals surface area contributed by atoms with Gasteiger partial charge in [0.2, 0.25) is 0 Å². The fraction of sp³-hybridized carbons (Fsp3) is 0.731. The highest BCUT2D eigenvalue weighted by Crippen LogP contribution is 2.43. The van der Waals surface area contributed by atoms with E-state index in [1.165, 1.54) is 50.3 Å². The molecule has 0 bridgehead atoms. The second-order valence-corrected chi connectivity index (χ2v) is 9.86. The van der Waals surface area contributed by atoms with Crippen LogP contribution >= 0.6 is 0 Å². The average molecular weight is 452 g/mol. The molecule has 0 spiro atoms. The molecule has 32 heavy (non-hydrogen) atoms. The number of rotatable bonds is 16. The Morgan fingerprint density at radius 2 is 1.75 bits per heavy atom. The summed E-state index contributed by atoms with van der Waals surface area (Å²) in [5.74, 6) is 0.0245. The lowest BCUT2D eigenvalue weighted by atomic mass is 9.69. The van der Waals surface area contributed by atoms with Crippen molar-refractivity contribution in [3.05, 3.63) is 35.4 Å². The number of unbranched alkanes of at least 4 members (excludes halogenated alkanes) is 5. The minimum atomic E-state index is -1.24. The van der Waals surface area contributed by atoms with Crippen LogP contribution in [0.2, 0.25) is 0 Å². The maximum Gasteiger partial charge on any atom is 0.405 e. The van der Waals surface area contributed by atoms with Crippen LogP contribution in [-0.2, 0) is 20.6 Å². The normalized spacial score (nSPS) is 14.7. The highest BCUT2D eigenvalue weighted by atomic mass is 16.7. The third-order valence-corrected chi connectivity index (χ3v) is 6.02. The molecule has 6 heteroatoms. The Balaban J connectivity index is 3.12. The molecule has 0 fully saturated rings. The Hall–Kier alpha value is -1.63. The second kappa shape index (κ2) is 14.5. The number of ether oxygens (including phenoxy) is 3. The summed E-state index contributed by atoms with van der Waals surface area (Å²) in [5, 5.41) is 10.2. The first kappa shape index (κ1) is 28.4. The zero-order chi connectivity index (χ0) is 24.0. The van der Waals surface area contributed by atoms with Crippen LogP contribution < -0.4 is 5.73 Å². The van der Waals surface area contributed by atoms with Crippen LogP contribution in [-0.4, -0.2) is 43.9 Å². The Labute approximate surface area is 194 Å². The van der Waals surface area contributed by atoms with Gasteiger partial charge in [-0.1, -0.05) is 84.1 Å². The highest BCUT2D eigenvalue weighted by Gasteiger charge is 2.41. The zero-order valence-electron chi connectivity index (χ0n) is 20.8. The first-order valence-electron chi connectivity index (χ1n) is 11.9. The molecule has 1 aromatic rings. The van der Waals surface area contributed by atoms with E-state index in [-0.39, 0.29) is 31.3 Å². The van der Waals surface area contributed by atoms with E-state index in [0.717, 1.165) is 12.8 Å². The molecule has 6 nitrogen and oxygen atoms in total. The molecule has 1 amide bonds. The molecule has 2 atom stereocenters. The van der Waals surface area contributed by atoms with Crippen molar-refractivity contribution in [2.75, 3.05) is 27.1 Å². The number of methoxy groups -OCH3 is 1. The SMILES string of the molecule is CCCCCCCCc1ccccc1C(CC(CO)(COCOC)OC(N)=O)C(C)(C)C. The Bertz CT molecular complexity index is 658. The number of hydrogen-bond donors (Lipinski definition) is 2. The zero-order valence-corrected chi connectivity index (χ0v) is 20.8. The molecular formula is C26H45NO5. The average Bonchev–Trinajstić information content (AvgIpc) is 2.73. The van der Waals surface area contributed by atoms with Gasteiger partial charge in [0.05, 0.1) is 13.2 Å². The predicted molar refractivity (Wildman–Crippen MR) is 129 cm³/mol. The molecule has 2 unspecified atom stereocenters. The number of carbonyl (C=O) groups excluding carboxylic acids is 1. The molecule has 1 aromatic carbocycles. The standard InChI is InChI=1S/C26H45NO5/c1-6-7-8-9-10-11-14-21-15-12-13-16-22(21)23(25(2,3)4)17-26(18-28,32-24(27)29)19-31-20-30-5/h12-13,15-16,23,28H,6-11,14,17-20H2,1-5H3,(H2,27,29). The van der Waals surface area contributed by atoms with Gasteiger partial charge in [0.25, 0.3) is 0 Å². The molecule has 184 valence electrons. The fourth-order valence-electron chi connectivity index (χ4n) is 4.25. The molecule has 0 aliphatic heterocycles. The smallest absolute Gasteiger partial charge is 0.405 e. The number of aliphatic hydroxyl groups is 1. The van der Waals surface area contributed by atoms with Crippen LogP contribution in [0.5, 0.6) is 0 Å². The molecule has 1 rings (SSSR count). The van der Waals surface area contributed by atoms with Crippen molar-refractivity contribution >= 4 is 6.09 Å². The van der Waals surface area contributed by atoms with Gasteiger partial charge in [0.15, 0.2) is 5.60 Å². The number of amides is 1. The minimum Gasteiger partial charge on any atom is -0.438 e. The topological polar surface area (TPSA) is 91.0 Å². The van der Waals surface area contributed by atoms with Gasteiger partial charge in [-0.15, -0.1) is 0 Å². The number of primary amides is 1. The van der Waals surface area contributed by atoms with Crippen LogP contribution in [0.1, 0.15) is 89.7 Å². The molecular weight excluding hydrogens is 406 g/mol. The van der Waals surface area contributed by atoms with E-state index in [2.05, 4.69) is 52.0 Å². The van der Waals surface area contributed by atoms with Gasteiger partial charge < -0.3 is 25.1 Å². The molecule has 0 heterocycles. The fourth-order valence-corrected chi connectivity index (χ4v) is 4.25. The predicted octanol–water partition coefficient (Wildman–Crippen LogP) is 5.56. The lowest BCUT2D eigenvalue weighted by molar-refractivity contribution is -0.127. The number of aliphatic hydroxyl groups excluding tert-OH is 1. The van der Waals surface area contributed by atoms with Crippen molar-refractivity contribution in [1.29, 1.82) is 0 Å². The maximum atomic E-state index is 11.7. The first-order valence-corrected chi connectivity index (χ1v) is 11.9. The van der Waals surface area contributed by atoms with E-state index in [0.29, 0.717) is 6.42 Å². The molecule has 0 aromatic heterocycles. The van der Waals surface area contributed by atoms with Crippen LogP contribution in [0.4, 0.5) is 4.79 Å². The van der Waals surface area contributed by atoms with Crippen molar-refractivity contribution in [3.8, 4) is 0 Å². The largest absolute Gasteiger partial charge is 0.438 e. The third kappa shape index (κ3) is 9.88. The van der Waals surface area contributed by atoms with Gasteiger partial charge in [-0.3, -0.25) is 0 Å². The van der Waals surface area contributed by atoms with E-state index in [9.17, 15) is 9.90 Å². The molecule has 3 N–H and O–H groups in total. The minimum absolute atomic E-state index is 0.00640. The third-order valence-electron chi connectivity index (χ3n) is 6.02. The lowest BCUT2D eigenvalue weighted by Crippen LogP contribution is -2.47. The van der Waals surface area contributed by atoms with E-state index >= 15 is 0 Å². The number of benzene rings is 1. The Morgan fingerprint density at radius 1 is 1.09 bits per heavy atom. The van der Waals surface area contributed by atoms with Crippen molar-refractivity contribution < 1.29 is 24.1 Å². The van der Waals surface area contributed by atoms with Crippen molar-refractivity contribution in [2.45, 2.75) is 90.6 Å².